The van der Waals surface area contributed by atoms with Gasteiger partial charge in [0.1, 0.15) is 6.04 Å². The predicted molar refractivity (Wildman–Crippen MR) is 75.2 cm³/mol. The lowest BCUT2D eigenvalue weighted by molar-refractivity contribution is -0.137. The Balaban J connectivity index is 2.72. The van der Waals surface area contributed by atoms with Gasteiger partial charge < -0.3 is 15.3 Å². The van der Waals surface area contributed by atoms with Crippen molar-refractivity contribution in [3.8, 4) is 0 Å². The quantitative estimate of drug-likeness (QED) is 0.728. The zero-order valence-electron chi connectivity index (χ0n) is 10.9. The molecule has 0 aromatic heterocycles. The van der Waals surface area contributed by atoms with E-state index in [0.29, 0.717) is 0 Å². The van der Waals surface area contributed by atoms with Crippen LogP contribution in [0.2, 0.25) is 0 Å². The fourth-order valence-corrected chi connectivity index (χ4v) is 1.65. The van der Waals surface area contributed by atoms with Gasteiger partial charge in [0, 0.05) is 24.5 Å². The highest BCUT2D eigenvalue weighted by Crippen LogP contribution is 2.18. The minimum Gasteiger partial charge on any atom is -0.480 e. The molecule has 1 atom stereocenters. The van der Waals surface area contributed by atoms with Crippen LogP contribution in [-0.4, -0.2) is 30.2 Å². The number of benzene rings is 1. The summed E-state index contributed by atoms with van der Waals surface area (Å²) in [6.07, 6.45) is 1.86. The average molecular weight is 248 g/mol. The number of carbonyl (C=O) groups is 1. The van der Waals surface area contributed by atoms with Gasteiger partial charge in [0.2, 0.25) is 0 Å². The summed E-state index contributed by atoms with van der Waals surface area (Å²) in [5, 5.41) is 11.7. The molecule has 1 aromatic rings. The van der Waals surface area contributed by atoms with Crippen LogP contribution in [0, 0.1) is 0 Å². The molecule has 0 aliphatic heterocycles. The van der Waals surface area contributed by atoms with Gasteiger partial charge in [-0.1, -0.05) is 6.08 Å². The van der Waals surface area contributed by atoms with Crippen molar-refractivity contribution in [1.82, 2.24) is 0 Å². The van der Waals surface area contributed by atoms with Crippen molar-refractivity contribution < 1.29 is 9.90 Å². The molecule has 4 nitrogen and oxygen atoms in total. The van der Waals surface area contributed by atoms with Gasteiger partial charge in [0.15, 0.2) is 0 Å². The maximum absolute atomic E-state index is 10.7. The molecule has 0 bridgehead atoms. The van der Waals surface area contributed by atoms with Crippen LogP contribution in [0.15, 0.2) is 36.9 Å². The molecule has 0 aliphatic carbocycles. The molecule has 0 spiro atoms. The Hall–Kier alpha value is -1.97. The average Bonchev–Trinajstić information content (AvgIpc) is 2.37. The first kappa shape index (κ1) is 14.1. The second-order valence-electron chi connectivity index (χ2n) is 4.08. The molecule has 0 saturated heterocycles. The van der Waals surface area contributed by atoms with E-state index >= 15 is 0 Å². The maximum atomic E-state index is 10.7. The minimum atomic E-state index is -0.860. The van der Waals surface area contributed by atoms with Gasteiger partial charge in [-0.25, -0.2) is 0 Å². The third-order valence-electron chi connectivity index (χ3n) is 2.72. The summed E-state index contributed by atoms with van der Waals surface area (Å²) in [5.74, 6) is -0.860. The molecule has 98 valence electrons. The number of rotatable bonds is 7. The molecular weight excluding hydrogens is 228 g/mol. The Morgan fingerprint density at radius 2 is 2.11 bits per heavy atom. The maximum Gasteiger partial charge on any atom is 0.325 e. The number of hydrogen-bond acceptors (Lipinski definition) is 3. The second-order valence-corrected chi connectivity index (χ2v) is 4.08. The predicted octanol–water partition coefficient (Wildman–Crippen LogP) is 2.58. The monoisotopic (exact) mass is 248 g/mol. The van der Waals surface area contributed by atoms with Crippen molar-refractivity contribution in [3.05, 3.63) is 36.9 Å². The van der Waals surface area contributed by atoms with Crippen LogP contribution in [0.1, 0.15) is 13.8 Å². The lowest BCUT2D eigenvalue weighted by Gasteiger charge is -2.21. The van der Waals surface area contributed by atoms with E-state index in [4.69, 9.17) is 5.11 Å². The van der Waals surface area contributed by atoms with Crippen molar-refractivity contribution in [2.75, 3.05) is 23.3 Å². The van der Waals surface area contributed by atoms with E-state index in [9.17, 15) is 4.79 Å². The Morgan fingerprint density at radius 1 is 1.50 bits per heavy atom. The Labute approximate surface area is 108 Å². The van der Waals surface area contributed by atoms with Crippen molar-refractivity contribution >= 4 is 17.3 Å². The van der Waals surface area contributed by atoms with E-state index in [1.54, 1.807) is 6.92 Å². The van der Waals surface area contributed by atoms with E-state index in [2.05, 4.69) is 23.7 Å². The summed E-state index contributed by atoms with van der Waals surface area (Å²) < 4.78 is 0. The van der Waals surface area contributed by atoms with Gasteiger partial charge in [-0.3, -0.25) is 4.79 Å². The van der Waals surface area contributed by atoms with Gasteiger partial charge >= 0.3 is 5.97 Å². The lowest BCUT2D eigenvalue weighted by Crippen LogP contribution is -2.25. The molecule has 0 fully saturated rings. The third kappa shape index (κ3) is 3.80. The highest BCUT2D eigenvalue weighted by molar-refractivity contribution is 5.76. The number of carboxylic acids is 1. The Bertz CT molecular complexity index is 401. The first-order valence-corrected chi connectivity index (χ1v) is 6.03. The fourth-order valence-electron chi connectivity index (χ4n) is 1.65. The summed E-state index contributed by atoms with van der Waals surface area (Å²) in [4.78, 5) is 12.9. The molecule has 18 heavy (non-hydrogen) atoms. The largest absolute Gasteiger partial charge is 0.480 e. The number of anilines is 2. The number of nitrogens with zero attached hydrogens (tertiary/aromatic N) is 1. The van der Waals surface area contributed by atoms with E-state index in [-0.39, 0.29) is 0 Å². The van der Waals surface area contributed by atoms with Crippen molar-refractivity contribution in [2.24, 2.45) is 0 Å². The van der Waals surface area contributed by atoms with Crippen LogP contribution in [0.4, 0.5) is 11.4 Å². The second kappa shape index (κ2) is 6.69. The summed E-state index contributed by atoms with van der Waals surface area (Å²) in [6.45, 7) is 9.14. The fraction of sp³-hybridized carbons (Fsp3) is 0.357. The minimum absolute atomic E-state index is 0.591. The van der Waals surface area contributed by atoms with Crippen LogP contribution < -0.4 is 10.2 Å². The molecule has 1 aromatic carbocycles. The summed E-state index contributed by atoms with van der Waals surface area (Å²) in [6, 6.07) is 7.14. The van der Waals surface area contributed by atoms with E-state index in [0.717, 1.165) is 24.5 Å². The molecule has 0 heterocycles. The zero-order chi connectivity index (χ0) is 13.5. The van der Waals surface area contributed by atoms with Crippen molar-refractivity contribution in [2.45, 2.75) is 19.9 Å². The molecule has 1 unspecified atom stereocenters. The summed E-state index contributed by atoms with van der Waals surface area (Å²) in [7, 11) is 0. The molecule has 0 amide bonds. The SMILES string of the molecule is C=CCN(CC)c1ccc(NC(C)C(=O)O)cc1. The number of hydrogen-bond donors (Lipinski definition) is 2. The molecule has 0 aliphatic rings. The third-order valence-corrected chi connectivity index (χ3v) is 2.72. The van der Waals surface area contributed by atoms with Gasteiger partial charge in [0.05, 0.1) is 0 Å². The van der Waals surface area contributed by atoms with Gasteiger partial charge in [0.25, 0.3) is 0 Å². The highest BCUT2D eigenvalue weighted by Gasteiger charge is 2.10. The summed E-state index contributed by atoms with van der Waals surface area (Å²) >= 11 is 0. The standard InChI is InChI=1S/C14H20N2O2/c1-4-10-16(5-2)13-8-6-12(7-9-13)15-11(3)14(17)18/h4,6-9,11,15H,1,5,10H2,2-3H3,(H,17,18). The molecule has 0 radical (unpaired) electrons. The van der Waals surface area contributed by atoms with Crippen LogP contribution >= 0.6 is 0 Å². The summed E-state index contributed by atoms with van der Waals surface area (Å²) in [5.41, 5.74) is 1.91. The van der Waals surface area contributed by atoms with Crippen LogP contribution in [0.25, 0.3) is 0 Å². The molecule has 2 N–H and O–H groups in total. The first-order valence-electron chi connectivity index (χ1n) is 6.03. The molecule has 0 saturated carbocycles. The molecule has 4 heteroatoms. The van der Waals surface area contributed by atoms with E-state index in [1.807, 2.05) is 30.3 Å². The number of carboxylic acid groups (broad SMARTS) is 1. The Kier molecular flexibility index (Phi) is 5.24. The number of likely N-dealkylation sites (N-methyl/N-ethyl adjacent to an activating group) is 1. The van der Waals surface area contributed by atoms with E-state index in [1.165, 1.54) is 0 Å². The van der Waals surface area contributed by atoms with Crippen LogP contribution in [0.5, 0.6) is 0 Å². The van der Waals surface area contributed by atoms with Gasteiger partial charge in [-0.05, 0) is 38.1 Å². The van der Waals surface area contributed by atoms with Crippen LogP contribution in [0.3, 0.4) is 0 Å². The molecule has 1 rings (SSSR count). The van der Waals surface area contributed by atoms with Crippen molar-refractivity contribution in [1.29, 1.82) is 0 Å². The number of aliphatic carboxylic acids is 1. The zero-order valence-corrected chi connectivity index (χ0v) is 10.9. The van der Waals surface area contributed by atoms with E-state index < -0.39 is 12.0 Å². The first-order chi connectivity index (χ1) is 8.58. The smallest absolute Gasteiger partial charge is 0.325 e. The van der Waals surface area contributed by atoms with Gasteiger partial charge in [-0.2, -0.15) is 0 Å². The highest BCUT2D eigenvalue weighted by atomic mass is 16.4. The normalized spacial score (nSPS) is 11.7. The Morgan fingerprint density at radius 3 is 2.56 bits per heavy atom. The van der Waals surface area contributed by atoms with Crippen LogP contribution in [-0.2, 0) is 4.79 Å². The number of nitrogens with one attached hydrogen (secondary N) is 1. The van der Waals surface area contributed by atoms with Gasteiger partial charge in [-0.15, -0.1) is 6.58 Å². The lowest BCUT2D eigenvalue weighted by atomic mass is 10.2. The topological polar surface area (TPSA) is 52.6 Å². The molecular formula is C14H20N2O2. The van der Waals surface area contributed by atoms with Crippen molar-refractivity contribution in [3.63, 3.8) is 0 Å².